The van der Waals surface area contributed by atoms with Crippen LogP contribution >= 0.6 is 0 Å². The van der Waals surface area contributed by atoms with Crippen LogP contribution in [0.4, 0.5) is 0 Å². The first-order valence-electron chi connectivity index (χ1n) is 6.80. The maximum atomic E-state index is 12.0. The van der Waals surface area contributed by atoms with E-state index >= 15 is 0 Å². The molecule has 0 saturated carbocycles. The number of ketones is 1. The topological polar surface area (TPSA) is 111 Å². The summed E-state index contributed by atoms with van der Waals surface area (Å²) in [5.41, 5.74) is -0.168. The van der Waals surface area contributed by atoms with E-state index in [2.05, 4.69) is 0 Å². The normalized spacial score (nSPS) is 11.5. The van der Waals surface area contributed by atoms with Gasteiger partial charge in [0.25, 0.3) is 0 Å². The first kappa shape index (κ1) is 16.2. The fourth-order valence-electron chi connectivity index (χ4n) is 2.10. The summed E-state index contributed by atoms with van der Waals surface area (Å²) in [5, 5.41) is 27.6. The molecule has 0 fully saturated rings. The zero-order valence-electron chi connectivity index (χ0n) is 12.4. The number of benzene rings is 2. The number of nitriles is 1. The third kappa shape index (κ3) is 3.52. The summed E-state index contributed by atoms with van der Waals surface area (Å²) in [4.78, 5) is 23.8. The second-order valence-corrected chi connectivity index (χ2v) is 5.00. The van der Waals surface area contributed by atoms with Crippen LogP contribution in [0.5, 0.6) is 5.75 Å². The molecule has 2 rings (SSSR count). The summed E-state index contributed by atoms with van der Waals surface area (Å²) in [6.07, 6.45) is 0. The molecule has 2 aromatic rings. The number of carbonyl (C=O) groups is 2. The summed E-state index contributed by atoms with van der Waals surface area (Å²) in [6, 6.07) is 11.8. The lowest BCUT2D eigenvalue weighted by atomic mass is 10.0. The number of nitrogens with zero attached hydrogens (tertiary/aromatic N) is 1. The van der Waals surface area contributed by atoms with Gasteiger partial charge in [-0.2, -0.15) is 5.26 Å². The first-order chi connectivity index (χ1) is 10.9. The number of aromatic hydroxyl groups is 1. The highest BCUT2D eigenvalue weighted by molar-refractivity contribution is 6.06. The summed E-state index contributed by atoms with van der Waals surface area (Å²) in [7, 11) is 0. The van der Waals surface area contributed by atoms with Gasteiger partial charge in [0.2, 0.25) is 0 Å². The molecule has 0 aromatic heterocycles. The SMILES string of the molecule is CC(=N)C(C#N)C(=O)COC(=O)c1cc2ccccc2cc1O. The van der Waals surface area contributed by atoms with Crippen molar-refractivity contribution in [3.05, 3.63) is 42.0 Å². The summed E-state index contributed by atoms with van der Waals surface area (Å²) in [5.74, 6) is -3.01. The van der Waals surface area contributed by atoms with E-state index < -0.39 is 24.3 Å². The largest absolute Gasteiger partial charge is 0.507 e. The maximum absolute atomic E-state index is 12.0. The zero-order valence-corrected chi connectivity index (χ0v) is 12.4. The van der Waals surface area contributed by atoms with E-state index in [4.69, 9.17) is 15.4 Å². The number of carbonyl (C=O) groups excluding carboxylic acids is 2. The molecule has 0 bridgehead atoms. The number of nitrogens with one attached hydrogen (secondary N) is 1. The fraction of sp³-hybridized carbons (Fsp3) is 0.176. The van der Waals surface area contributed by atoms with Crippen molar-refractivity contribution < 1.29 is 19.4 Å². The Balaban J connectivity index is 2.15. The Bertz CT molecular complexity index is 836. The molecule has 0 aliphatic carbocycles. The van der Waals surface area contributed by atoms with Crippen molar-refractivity contribution in [1.29, 1.82) is 10.7 Å². The number of rotatable bonds is 5. The van der Waals surface area contributed by atoms with Crippen molar-refractivity contribution in [3.8, 4) is 11.8 Å². The molecule has 116 valence electrons. The minimum absolute atomic E-state index is 0.0587. The standard InChI is InChI=1S/C17H14N2O4/c1-10(19)14(8-18)16(21)9-23-17(22)13-6-11-4-2-3-5-12(11)7-15(13)20/h2-7,14,19-20H,9H2,1H3. The van der Waals surface area contributed by atoms with Gasteiger partial charge >= 0.3 is 5.97 Å². The maximum Gasteiger partial charge on any atom is 0.342 e. The van der Waals surface area contributed by atoms with Gasteiger partial charge in [-0.05, 0) is 29.8 Å². The van der Waals surface area contributed by atoms with Gasteiger partial charge < -0.3 is 15.3 Å². The molecular formula is C17H14N2O4. The molecule has 23 heavy (non-hydrogen) atoms. The Morgan fingerprint density at radius 1 is 1.30 bits per heavy atom. The number of phenolic OH excluding ortho intramolecular Hbond substituents is 1. The number of phenols is 1. The molecular weight excluding hydrogens is 296 g/mol. The molecule has 1 atom stereocenters. The third-order valence-electron chi connectivity index (χ3n) is 3.31. The number of esters is 1. The molecule has 6 heteroatoms. The van der Waals surface area contributed by atoms with Crippen LogP contribution in [0.25, 0.3) is 10.8 Å². The van der Waals surface area contributed by atoms with Crippen LogP contribution in [0.15, 0.2) is 36.4 Å². The molecule has 0 amide bonds. The molecule has 0 heterocycles. The lowest BCUT2D eigenvalue weighted by Crippen LogP contribution is -2.25. The van der Waals surface area contributed by atoms with Crippen LogP contribution in [0.3, 0.4) is 0 Å². The van der Waals surface area contributed by atoms with Crippen molar-refractivity contribution in [2.24, 2.45) is 5.92 Å². The van der Waals surface area contributed by atoms with Crippen LogP contribution in [-0.4, -0.2) is 29.2 Å². The lowest BCUT2D eigenvalue weighted by Gasteiger charge is -2.09. The minimum atomic E-state index is -1.23. The van der Waals surface area contributed by atoms with Crippen molar-refractivity contribution >= 4 is 28.2 Å². The van der Waals surface area contributed by atoms with E-state index in [0.717, 1.165) is 10.8 Å². The van der Waals surface area contributed by atoms with E-state index in [-0.39, 0.29) is 17.0 Å². The van der Waals surface area contributed by atoms with Crippen molar-refractivity contribution in [2.45, 2.75) is 6.92 Å². The van der Waals surface area contributed by atoms with E-state index in [9.17, 15) is 14.7 Å². The molecule has 6 nitrogen and oxygen atoms in total. The van der Waals surface area contributed by atoms with Crippen LogP contribution < -0.4 is 0 Å². The Kier molecular flexibility index (Phi) is 4.72. The second kappa shape index (κ2) is 6.71. The molecule has 1 unspecified atom stereocenters. The van der Waals surface area contributed by atoms with Crippen LogP contribution in [0.2, 0.25) is 0 Å². The molecule has 2 aromatic carbocycles. The highest BCUT2D eigenvalue weighted by atomic mass is 16.5. The average Bonchev–Trinajstić information content (AvgIpc) is 2.52. The highest BCUT2D eigenvalue weighted by Crippen LogP contribution is 2.25. The minimum Gasteiger partial charge on any atom is -0.507 e. The van der Waals surface area contributed by atoms with Crippen LogP contribution in [0.1, 0.15) is 17.3 Å². The van der Waals surface area contributed by atoms with Gasteiger partial charge in [-0.15, -0.1) is 0 Å². The van der Waals surface area contributed by atoms with Gasteiger partial charge in [-0.25, -0.2) is 4.79 Å². The van der Waals surface area contributed by atoms with Crippen LogP contribution in [0, 0.1) is 22.7 Å². The number of fused-ring (bicyclic) bond motifs is 1. The number of ether oxygens (including phenoxy) is 1. The fourth-order valence-corrected chi connectivity index (χ4v) is 2.10. The molecule has 0 spiro atoms. The number of Topliss-reactive ketones (excluding diaryl/α,β-unsaturated/α-hetero) is 1. The quantitative estimate of drug-likeness (QED) is 0.651. The van der Waals surface area contributed by atoms with Gasteiger partial charge in [0.15, 0.2) is 12.4 Å². The Morgan fingerprint density at radius 2 is 1.91 bits per heavy atom. The smallest absolute Gasteiger partial charge is 0.342 e. The van der Waals surface area contributed by atoms with Crippen molar-refractivity contribution in [1.82, 2.24) is 0 Å². The van der Waals surface area contributed by atoms with Gasteiger partial charge in [0.05, 0.1) is 6.07 Å². The van der Waals surface area contributed by atoms with Gasteiger partial charge in [0.1, 0.15) is 17.2 Å². The second-order valence-electron chi connectivity index (χ2n) is 5.00. The van der Waals surface area contributed by atoms with E-state index in [1.54, 1.807) is 30.3 Å². The Labute approximate surface area is 132 Å². The Hall–Kier alpha value is -3.20. The predicted octanol–water partition coefficient (Wildman–Crippen LogP) is 2.45. The molecule has 0 aliphatic rings. The average molecular weight is 310 g/mol. The van der Waals surface area contributed by atoms with Crippen molar-refractivity contribution in [2.75, 3.05) is 6.61 Å². The number of hydrogen-bond acceptors (Lipinski definition) is 6. The zero-order chi connectivity index (χ0) is 17.0. The first-order valence-corrected chi connectivity index (χ1v) is 6.80. The molecule has 2 N–H and O–H groups in total. The van der Waals surface area contributed by atoms with E-state index in [1.807, 2.05) is 0 Å². The third-order valence-corrected chi connectivity index (χ3v) is 3.31. The van der Waals surface area contributed by atoms with E-state index in [0.29, 0.717) is 0 Å². The summed E-state index contributed by atoms with van der Waals surface area (Å²) in [6.45, 7) is 0.711. The number of hydrogen-bond donors (Lipinski definition) is 2. The Morgan fingerprint density at radius 3 is 2.48 bits per heavy atom. The lowest BCUT2D eigenvalue weighted by molar-refractivity contribution is -0.122. The predicted molar refractivity (Wildman–Crippen MR) is 83.4 cm³/mol. The van der Waals surface area contributed by atoms with Crippen LogP contribution in [-0.2, 0) is 9.53 Å². The van der Waals surface area contributed by atoms with Gasteiger partial charge in [0, 0.05) is 5.71 Å². The summed E-state index contributed by atoms with van der Waals surface area (Å²) >= 11 is 0. The van der Waals surface area contributed by atoms with Crippen molar-refractivity contribution in [3.63, 3.8) is 0 Å². The monoisotopic (exact) mass is 310 g/mol. The molecule has 0 saturated heterocycles. The van der Waals surface area contributed by atoms with Gasteiger partial charge in [-0.3, -0.25) is 4.79 Å². The highest BCUT2D eigenvalue weighted by Gasteiger charge is 2.22. The molecule has 0 radical (unpaired) electrons. The van der Waals surface area contributed by atoms with E-state index in [1.165, 1.54) is 19.1 Å². The van der Waals surface area contributed by atoms with Gasteiger partial charge in [-0.1, -0.05) is 24.3 Å². The molecule has 0 aliphatic heterocycles. The summed E-state index contributed by atoms with van der Waals surface area (Å²) < 4.78 is 4.86.